The van der Waals surface area contributed by atoms with Crippen LogP contribution in [0.25, 0.3) is 88.3 Å². The molecule has 4 unspecified atom stereocenters. The summed E-state index contributed by atoms with van der Waals surface area (Å²) < 4.78 is 13.8. The van der Waals surface area contributed by atoms with Gasteiger partial charge in [-0.25, -0.2) is 0 Å². The number of hydrogen-bond donors (Lipinski definition) is 0. The lowest BCUT2D eigenvalue weighted by atomic mass is 9.68. The van der Waals surface area contributed by atoms with Crippen LogP contribution < -0.4 is 9.80 Å². The van der Waals surface area contributed by atoms with Gasteiger partial charge in [0.25, 0.3) is 0 Å². The zero-order valence-electron chi connectivity index (χ0n) is 47.5. The molecule has 402 valence electrons. The molecule has 2 saturated carbocycles. The SMILES string of the molecule is COC12CCCCC1(C)N(c1ccccc1)c1ccc(-c3ccc4c(-c5ccc(-c6ccccc6)cc5)c5cc(-c6ccc7c(c6)C6(OC)CCCCC6(C)N7c6ccccc6)ccc5c(-c5ccc(-c6ccccc6)cc5)c4c3)cc12. The third-order valence-corrected chi connectivity index (χ3v) is 20.0. The summed E-state index contributed by atoms with van der Waals surface area (Å²) in [5.41, 5.74) is 20.5. The van der Waals surface area contributed by atoms with E-state index in [2.05, 4.69) is 266 Å². The molecule has 2 aliphatic carbocycles. The van der Waals surface area contributed by atoms with Crippen molar-refractivity contribution in [1.29, 1.82) is 0 Å². The Labute approximate surface area is 483 Å². The lowest BCUT2D eigenvalue weighted by molar-refractivity contribution is -0.0872. The van der Waals surface area contributed by atoms with Crippen LogP contribution in [0.3, 0.4) is 0 Å². The van der Waals surface area contributed by atoms with E-state index in [1.54, 1.807) is 0 Å². The van der Waals surface area contributed by atoms with Crippen LogP contribution in [-0.2, 0) is 20.7 Å². The lowest BCUT2D eigenvalue weighted by Crippen LogP contribution is -2.57. The van der Waals surface area contributed by atoms with Gasteiger partial charge in [0.05, 0.1) is 11.1 Å². The quantitative estimate of drug-likeness (QED) is 0.127. The molecule has 0 aromatic heterocycles. The van der Waals surface area contributed by atoms with Crippen LogP contribution in [0.4, 0.5) is 22.7 Å². The van der Waals surface area contributed by atoms with Crippen LogP contribution in [0, 0.1) is 0 Å². The Kier molecular flexibility index (Phi) is 12.0. The van der Waals surface area contributed by atoms with E-state index >= 15 is 0 Å². The lowest BCUT2D eigenvalue weighted by Gasteiger charge is -2.50. The fourth-order valence-electron chi connectivity index (χ4n) is 16.1. The molecule has 11 aromatic carbocycles. The highest BCUT2D eigenvalue weighted by Crippen LogP contribution is 2.64. The molecule has 0 radical (unpaired) electrons. The van der Waals surface area contributed by atoms with Crippen molar-refractivity contribution in [3.63, 3.8) is 0 Å². The molecular weight excluding hydrogens is 997 g/mol. The van der Waals surface area contributed by atoms with Crippen molar-refractivity contribution < 1.29 is 9.47 Å². The Morgan fingerprint density at radius 3 is 0.976 bits per heavy atom. The molecule has 0 bridgehead atoms. The van der Waals surface area contributed by atoms with Gasteiger partial charge in [-0.05, 0) is 189 Å². The van der Waals surface area contributed by atoms with Gasteiger partial charge in [-0.3, -0.25) is 0 Å². The minimum atomic E-state index is -0.456. The summed E-state index contributed by atoms with van der Waals surface area (Å²) in [4.78, 5) is 5.18. The number of fused-ring (bicyclic) bond motifs is 8. The topological polar surface area (TPSA) is 24.9 Å². The maximum absolute atomic E-state index is 6.89. The Morgan fingerprint density at radius 1 is 0.293 bits per heavy atom. The average Bonchev–Trinajstić information content (AvgIpc) is 1.89. The van der Waals surface area contributed by atoms with E-state index in [1.807, 2.05) is 14.2 Å². The second-order valence-corrected chi connectivity index (χ2v) is 24.0. The van der Waals surface area contributed by atoms with Gasteiger partial charge < -0.3 is 19.3 Å². The van der Waals surface area contributed by atoms with Crippen molar-refractivity contribution >= 4 is 44.3 Å². The Hall–Kier alpha value is -8.54. The molecule has 4 aliphatic rings. The summed E-state index contributed by atoms with van der Waals surface area (Å²) in [6.07, 6.45) is 8.68. The number of hydrogen-bond acceptors (Lipinski definition) is 4. The first-order chi connectivity index (χ1) is 40.3. The molecule has 11 aromatic rings. The van der Waals surface area contributed by atoms with Crippen LogP contribution in [0.2, 0.25) is 0 Å². The van der Waals surface area contributed by atoms with Crippen molar-refractivity contribution in [1.82, 2.24) is 0 Å². The fourth-order valence-corrected chi connectivity index (χ4v) is 16.1. The summed E-state index contributed by atoms with van der Waals surface area (Å²) in [7, 11) is 3.88. The molecule has 2 fully saturated rings. The second-order valence-electron chi connectivity index (χ2n) is 24.0. The standard InChI is InChI=1S/C78H68N2O2/c1-75-45-17-19-47-77(75,81-3)69-51-61(39-43-71(69)79(75)63-25-13-7-14-26-63)59-37-41-65-67(49-59)73(57-33-29-55(30-34-57)53-21-9-5-10-22-53)66-42-38-60(50-68(66)74(65)58-35-31-56(32-36-58)54-23-11-6-12-24-54)62-40-44-72-70(52-62)78(82-4)48-20-18-46-76(78,2)80(72)64-27-15-8-16-28-64/h5-16,21-44,49-52H,17-20,45-48H2,1-4H3. The number of rotatable bonds is 10. The summed E-state index contributed by atoms with van der Waals surface area (Å²) in [6.45, 7) is 4.87. The largest absolute Gasteiger partial charge is 0.371 e. The summed E-state index contributed by atoms with van der Waals surface area (Å²) in [5.74, 6) is 0. The molecule has 2 heterocycles. The number of methoxy groups -OCH3 is 2. The second kappa shape index (κ2) is 19.6. The number of ether oxygens (including phenoxy) is 2. The minimum Gasteiger partial charge on any atom is -0.371 e. The molecule has 0 N–H and O–H groups in total. The van der Waals surface area contributed by atoms with E-state index in [0.29, 0.717) is 0 Å². The van der Waals surface area contributed by atoms with Crippen molar-refractivity contribution in [2.24, 2.45) is 0 Å². The van der Waals surface area contributed by atoms with E-state index in [-0.39, 0.29) is 11.1 Å². The summed E-state index contributed by atoms with van der Waals surface area (Å²) in [5, 5.41) is 4.88. The van der Waals surface area contributed by atoms with Gasteiger partial charge in [-0.1, -0.05) is 208 Å². The molecule has 4 atom stereocenters. The van der Waals surface area contributed by atoms with E-state index in [4.69, 9.17) is 9.47 Å². The average molecular weight is 1070 g/mol. The summed E-state index contributed by atoms with van der Waals surface area (Å²) >= 11 is 0. The molecule has 0 amide bonds. The maximum Gasteiger partial charge on any atom is 0.118 e. The van der Waals surface area contributed by atoms with Gasteiger partial charge in [-0.15, -0.1) is 0 Å². The molecule has 15 rings (SSSR count). The number of nitrogens with zero attached hydrogens (tertiary/aromatic N) is 2. The van der Waals surface area contributed by atoms with Crippen LogP contribution in [-0.4, -0.2) is 25.3 Å². The third-order valence-electron chi connectivity index (χ3n) is 20.0. The predicted molar refractivity (Wildman–Crippen MR) is 342 cm³/mol. The van der Waals surface area contributed by atoms with Crippen molar-refractivity contribution in [3.05, 3.63) is 254 Å². The molecule has 82 heavy (non-hydrogen) atoms. The highest BCUT2D eigenvalue weighted by atomic mass is 16.5. The first kappa shape index (κ1) is 50.4. The van der Waals surface area contributed by atoms with E-state index < -0.39 is 11.2 Å². The van der Waals surface area contributed by atoms with Gasteiger partial charge in [0, 0.05) is 48.1 Å². The number of para-hydroxylation sites is 2. The first-order valence-corrected chi connectivity index (χ1v) is 29.7. The van der Waals surface area contributed by atoms with Crippen molar-refractivity contribution in [2.75, 3.05) is 24.0 Å². The smallest absolute Gasteiger partial charge is 0.118 e. The van der Waals surface area contributed by atoms with E-state index in [1.165, 1.54) is 135 Å². The van der Waals surface area contributed by atoms with E-state index in [9.17, 15) is 0 Å². The zero-order chi connectivity index (χ0) is 55.2. The van der Waals surface area contributed by atoms with Crippen LogP contribution in [0.5, 0.6) is 0 Å². The highest BCUT2D eigenvalue weighted by molar-refractivity contribution is 6.22. The Balaban J connectivity index is 0.961. The molecule has 2 aliphatic heterocycles. The predicted octanol–water partition coefficient (Wildman–Crippen LogP) is 20.6. The minimum absolute atomic E-state index is 0.239. The number of anilines is 4. The van der Waals surface area contributed by atoms with Crippen LogP contribution in [0.15, 0.2) is 243 Å². The van der Waals surface area contributed by atoms with Gasteiger partial charge in [-0.2, -0.15) is 0 Å². The normalized spacial score (nSPS) is 21.8. The molecule has 0 spiro atoms. The van der Waals surface area contributed by atoms with Crippen LogP contribution in [0.1, 0.15) is 76.3 Å². The first-order valence-electron chi connectivity index (χ1n) is 29.7. The summed E-state index contributed by atoms with van der Waals surface area (Å²) in [6, 6.07) is 90.9. The van der Waals surface area contributed by atoms with Crippen molar-refractivity contribution in [2.45, 2.75) is 87.5 Å². The Bertz CT molecular complexity index is 3940. The van der Waals surface area contributed by atoms with E-state index in [0.717, 1.165) is 38.5 Å². The molecule has 4 nitrogen and oxygen atoms in total. The van der Waals surface area contributed by atoms with Gasteiger partial charge in [0.1, 0.15) is 11.2 Å². The van der Waals surface area contributed by atoms with Gasteiger partial charge in [0.15, 0.2) is 0 Å². The van der Waals surface area contributed by atoms with Crippen LogP contribution >= 0.6 is 0 Å². The monoisotopic (exact) mass is 1060 g/mol. The van der Waals surface area contributed by atoms with Gasteiger partial charge >= 0.3 is 0 Å². The fraction of sp³-hybridized carbons (Fsp3) is 0.205. The Morgan fingerprint density at radius 2 is 0.598 bits per heavy atom. The van der Waals surface area contributed by atoms with Crippen molar-refractivity contribution in [3.8, 4) is 66.8 Å². The molecule has 0 saturated heterocycles. The van der Waals surface area contributed by atoms with Gasteiger partial charge in [0.2, 0.25) is 0 Å². The zero-order valence-corrected chi connectivity index (χ0v) is 47.5. The molecular formula is C78H68N2O2. The molecule has 4 heteroatoms. The maximum atomic E-state index is 6.89. The number of benzene rings is 11. The highest BCUT2D eigenvalue weighted by Gasteiger charge is 2.62. The third kappa shape index (κ3) is 7.50.